The Morgan fingerprint density at radius 3 is 1.62 bits per heavy atom. The van der Waals surface area contributed by atoms with Crippen molar-refractivity contribution in [2.45, 2.75) is 11.2 Å². The molecule has 0 fully saturated rings. The van der Waals surface area contributed by atoms with Crippen molar-refractivity contribution < 1.29 is 26.3 Å². The maximum Gasteiger partial charge on any atom is 0.200 e. The molecule has 0 aliphatic carbocycles. The van der Waals surface area contributed by atoms with Crippen molar-refractivity contribution in [2.24, 2.45) is 0 Å². The molecule has 21 heavy (non-hydrogen) atoms. The van der Waals surface area contributed by atoms with E-state index in [9.17, 15) is 26.3 Å². The molecule has 1 unspecified atom stereocenters. The van der Waals surface area contributed by atoms with Crippen LogP contribution in [0.25, 0.3) is 0 Å². The Morgan fingerprint density at radius 2 is 1.14 bits per heavy atom. The summed E-state index contributed by atoms with van der Waals surface area (Å²) in [6, 6.07) is 4.98. The van der Waals surface area contributed by atoms with Gasteiger partial charge in [-0.3, -0.25) is 0 Å². The van der Waals surface area contributed by atoms with Gasteiger partial charge in [-0.1, -0.05) is 28.1 Å². The zero-order valence-corrected chi connectivity index (χ0v) is 11.8. The molecule has 0 radical (unpaired) electrons. The second kappa shape index (κ2) is 6.09. The third-order valence-electron chi connectivity index (χ3n) is 2.89. The van der Waals surface area contributed by atoms with Gasteiger partial charge in [0.2, 0.25) is 5.82 Å². The molecule has 1 atom stereocenters. The summed E-state index contributed by atoms with van der Waals surface area (Å²) in [5.74, 6) is -10.4. The topological polar surface area (TPSA) is 0 Å². The van der Waals surface area contributed by atoms with E-state index in [1.807, 2.05) is 0 Å². The standard InChI is InChI=1S/C14H7BrF6/c15-8(5-6-1-3-7(16)4-2-6)9-10(17)12(19)14(21)13(20)11(9)18/h1-4,8H,5H2. The van der Waals surface area contributed by atoms with Crippen molar-refractivity contribution in [1.82, 2.24) is 0 Å². The molecule has 0 heterocycles. The SMILES string of the molecule is Fc1ccc(CC(Br)c2c(F)c(F)c(F)c(F)c2F)cc1. The van der Waals surface area contributed by atoms with E-state index >= 15 is 0 Å². The lowest BCUT2D eigenvalue weighted by atomic mass is 10.0. The molecule has 0 aliphatic rings. The zero-order valence-electron chi connectivity index (χ0n) is 10.2. The minimum atomic E-state index is -2.20. The van der Waals surface area contributed by atoms with Gasteiger partial charge in [0, 0.05) is 10.4 Å². The Balaban J connectivity index is 2.39. The molecule has 0 spiro atoms. The molecule has 0 amide bonds. The van der Waals surface area contributed by atoms with Gasteiger partial charge in [0.1, 0.15) is 5.82 Å². The molecule has 7 heteroatoms. The number of alkyl halides is 1. The Hall–Kier alpha value is -1.50. The van der Waals surface area contributed by atoms with E-state index in [4.69, 9.17) is 0 Å². The van der Waals surface area contributed by atoms with E-state index in [2.05, 4.69) is 15.9 Å². The molecule has 0 bridgehead atoms. The Bertz CT molecular complexity index is 639. The van der Waals surface area contributed by atoms with Crippen LogP contribution in [0.4, 0.5) is 26.3 Å². The highest BCUT2D eigenvalue weighted by molar-refractivity contribution is 9.09. The van der Waals surface area contributed by atoms with Gasteiger partial charge in [0.15, 0.2) is 23.3 Å². The lowest BCUT2D eigenvalue weighted by molar-refractivity contribution is 0.369. The fraction of sp³-hybridized carbons (Fsp3) is 0.143. The molecule has 2 aromatic carbocycles. The van der Waals surface area contributed by atoms with Crippen LogP contribution in [0, 0.1) is 34.9 Å². The Morgan fingerprint density at radius 1 is 0.714 bits per heavy atom. The average Bonchev–Trinajstić information content (AvgIpc) is 2.46. The predicted molar refractivity (Wildman–Crippen MR) is 68.0 cm³/mol. The highest BCUT2D eigenvalue weighted by atomic mass is 79.9. The lowest BCUT2D eigenvalue weighted by Crippen LogP contribution is -2.10. The summed E-state index contributed by atoms with van der Waals surface area (Å²) in [5.41, 5.74) is -0.474. The molecule has 0 saturated carbocycles. The summed E-state index contributed by atoms with van der Waals surface area (Å²) >= 11 is 2.91. The van der Waals surface area contributed by atoms with Crippen LogP contribution in [-0.4, -0.2) is 0 Å². The highest BCUT2D eigenvalue weighted by Gasteiger charge is 2.29. The molecule has 0 N–H and O–H groups in total. The zero-order chi connectivity index (χ0) is 15.7. The first-order valence-electron chi connectivity index (χ1n) is 5.72. The minimum absolute atomic E-state index is 0.0708. The third kappa shape index (κ3) is 3.07. The van der Waals surface area contributed by atoms with Gasteiger partial charge in [-0.15, -0.1) is 0 Å². The second-order valence-corrected chi connectivity index (χ2v) is 5.39. The maximum atomic E-state index is 13.6. The first kappa shape index (κ1) is 15.9. The van der Waals surface area contributed by atoms with Crippen molar-refractivity contribution in [3.63, 3.8) is 0 Å². The summed E-state index contributed by atoms with van der Waals surface area (Å²) in [5, 5.41) is 0. The van der Waals surface area contributed by atoms with E-state index in [0.717, 1.165) is 12.1 Å². The van der Waals surface area contributed by atoms with E-state index in [1.165, 1.54) is 12.1 Å². The van der Waals surface area contributed by atoms with E-state index in [-0.39, 0.29) is 6.42 Å². The number of benzene rings is 2. The minimum Gasteiger partial charge on any atom is -0.207 e. The Kier molecular flexibility index (Phi) is 4.61. The van der Waals surface area contributed by atoms with Crippen LogP contribution in [0.5, 0.6) is 0 Å². The fourth-order valence-corrected chi connectivity index (χ4v) is 2.60. The molecule has 0 saturated heterocycles. The quantitative estimate of drug-likeness (QED) is 0.302. The van der Waals surface area contributed by atoms with Crippen LogP contribution in [0.2, 0.25) is 0 Å². The van der Waals surface area contributed by atoms with Crippen molar-refractivity contribution in [2.75, 3.05) is 0 Å². The molecular formula is C14H7BrF6. The van der Waals surface area contributed by atoms with Crippen molar-refractivity contribution in [3.8, 4) is 0 Å². The normalized spacial score (nSPS) is 12.5. The van der Waals surface area contributed by atoms with Gasteiger partial charge in [0.25, 0.3) is 0 Å². The predicted octanol–water partition coefficient (Wildman–Crippen LogP) is 5.20. The van der Waals surface area contributed by atoms with Crippen molar-refractivity contribution >= 4 is 15.9 Å². The van der Waals surface area contributed by atoms with Crippen LogP contribution in [0.3, 0.4) is 0 Å². The first-order chi connectivity index (χ1) is 9.82. The molecule has 112 valence electrons. The number of rotatable bonds is 3. The number of halogens is 7. The Labute approximate surface area is 124 Å². The summed E-state index contributed by atoms with van der Waals surface area (Å²) in [6.07, 6.45) is -0.0708. The van der Waals surface area contributed by atoms with Gasteiger partial charge < -0.3 is 0 Å². The number of hydrogen-bond donors (Lipinski definition) is 0. The molecule has 2 rings (SSSR count). The van der Waals surface area contributed by atoms with Crippen LogP contribution >= 0.6 is 15.9 Å². The van der Waals surface area contributed by atoms with E-state index in [0.29, 0.717) is 5.56 Å². The van der Waals surface area contributed by atoms with Crippen LogP contribution in [0.15, 0.2) is 24.3 Å². The van der Waals surface area contributed by atoms with Gasteiger partial charge >= 0.3 is 0 Å². The molecule has 2 aromatic rings. The smallest absolute Gasteiger partial charge is 0.200 e. The van der Waals surface area contributed by atoms with E-state index < -0.39 is 45.3 Å². The van der Waals surface area contributed by atoms with Gasteiger partial charge in [0.05, 0.1) is 0 Å². The molecule has 0 aromatic heterocycles. The van der Waals surface area contributed by atoms with Gasteiger partial charge in [-0.05, 0) is 24.1 Å². The highest BCUT2D eigenvalue weighted by Crippen LogP contribution is 2.34. The van der Waals surface area contributed by atoms with Crippen molar-refractivity contribution in [1.29, 1.82) is 0 Å². The molecule has 0 nitrogen and oxygen atoms in total. The lowest BCUT2D eigenvalue weighted by Gasteiger charge is -2.14. The first-order valence-corrected chi connectivity index (χ1v) is 6.64. The van der Waals surface area contributed by atoms with Crippen LogP contribution in [0.1, 0.15) is 16.0 Å². The summed E-state index contributed by atoms with van der Waals surface area (Å²) in [6.45, 7) is 0. The third-order valence-corrected chi connectivity index (χ3v) is 3.67. The summed E-state index contributed by atoms with van der Waals surface area (Å²) in [7, 11) is 0. The van der Waals surface area contributed by atoms with Crippen LogP contribution < -0.4 is 0 Å². The monoisotopic (exact) mass is 368 g/mol. The van der Waals surface area contributed by atoms with Crippen molar-refractivity contribution in [3.05, 3.63) is 70.3 Å². The second-order valence-electron chi connectivity index (χ2n) is 4.28. The fourth-order valence-electron chi connectivity index (χ4n) is 1.83. The summed E-state index contributed by atoms with van der Waals surface area (Å²) < 4.78 is 79.2. The maximum absolute atomic E-state index is 13.6. The average molecular weight is 369 g/mol. The van der Waals surface area contributed by atoms with Gasteiger partial charge in [-0.2, -0.15) is 0 Å². The summed E-state index contributed by atoms with van der Waals surface area (Å²) in [4.78, 5) is -1.15. The largest absolute Gasteiger partial charge is 0.207 e. The van der Waals surface area contributed by atoms with E-state index in [1.54, 1.807) is 0 Å². The molecule has 0 aliphatic heterocycles. The van der Waals surface area contributed by atoms with Gasteiger partial charge in [-0.25, -0.2) is 26.3 Å². The van der Waals surface area contributed by atoms with Crippen LogP contribution in [-0.2, 0) is 6.42 Å². The number of hydrogen-bond acceptors (Lipinski definition) is 0. The molecular weight excluding hydrogens is 362 g/mol.